The molecule has 1 saturated heterocycles. The van der Waals surface area contributed by atoms with Gasteiger partial charge in [-0.25, -0.2) is 0 Å². The lowest BCUT2D eigenvalue weighted by atomic mass is 10.2. The summed E-state index contributed by atoms with van der Waals surface area (Å²) < 4.78 is 4.78. The van der Waals surface area contributed by atoms with Crippen LogP contribution in [0.15, 0.2) is 0 Å². The molecule has 2 atom stereocenters. The van der Waals surface area contributed by atoms with E-state index in [0.717, 1.165) is 0 Å². The van der Waals surface area contributed by atoms with Gasteiger partial charge in [-0.3, -0.25) is 14.4 Å². The van der Waals surface area contributed by atoms with Crippen molar-refractivity contribution in [2.45, 2.75) is 6.42 Å². The minimum atomic E-state index is -0.896. The second-order valence-electron chi connectivity index (χ2n) is 4.93. The SMILES string of the molecule is COCC(=O)N1CCN(C(=O)[C@@H]2C[C@@H]2C(=O)O)CC1. The van der Waals surface area contributed by atoms with Crippen molar-refractivity contribution in [2.75, 3.05) is 39.9 Å². The van der Waals surface area contributed by atoms with Crippen molar-refractivity contribution < 1.29 is 24.2 Å². The Kier molecular flexibility index (Phi) is 4.04. The summed E-state index contributed by atoms with van der Waals surface area (Å²) in [5.41, 5.74) is 0. The van der Waals surface area contributed by atoms with Crippen LogP contribution in [-0.4, -0.2) is 72.6 Å². The zero-order chi connectivity index (χ0) is 14.0. The lowest BCUT2D eigenvalue weighted by Gasteiger charge is -2.34. The largest absolute Gasteiger partial charge is 0.481 e. The van der Waals surface area contributed by atoms with Gasteiger partial charge in [-0.2, -0.15) is 0 Å². The van der Waals surface area contributed by atoms with Gasteiger partial charge in [0.05, 0.1) is 11.8 Å². The molecule has 7 heteroatoms. The van der Waals surface area contributed by atoms with E-state index in [1.54, 1.807) is 9.80 Å². The van der Waals surface area contributed by atoms with Crippen molar-refractivity contribution >= 4 is 17.8 Å². The number of methoxy groups -OCH3 is 1. The molecule has 1 saturated carbocycles. The van der Waals surface area contributed by atoms with Gasteiger partial charge in [0.1, 0.15) is 6.61 Å². The van der Waals surface area contributed by atoms with Crippen LogP contribution in [0.3, 0.4) is 0 Å². The molecule has 19 heavy (non-hydrogen) atoms. The highest BCUT2D eigenvalue weighted by Gasteiger charge is 2.50. The van der Waals surface area contributed by atoms with E-state index < -0.39 is 11.9 Å². The lowest BCUT2D eigenvalue weighted by Crippen LogP contribution is -2.51. The van der Waals surface area contributed by atoms with Gasteiger partial charge in [0.25, 0.3) is 0 Å². The number of ether oxygens (including phenoxy) is 1. The molecule has 2 aliphatic rings. The number of aliphatic carboxylic acids is 1. The fraction of sp³-hybridized carbons (Fsp3) is 0.750. The Labute approximate surface area is 111 Å². The van der Waals surface area contributed by atoms with Crippen molar-refractivity contribution in [1.82, 2.24) is 9.80 Å². The Morgan fingerprint density at radius 2 is 1.68 bits per heavy atom. The monoisotopic (exact) mass is 270 g/mol. The summed E-state index contributed by atoms with van der Waals surface area (Å²) in [5, 5.41) is 8.81. The number of rotatable bonds is 4. The third kappa shape index (κ3) is 3.04. The standard InChI is InChI=1S/C12H18N2O5/c1-19-7-10(15)13-2-4-14(5-3-13)11(16)8-6-9(8)12(17)18/h8-9H,2-7H2,1H3,(H,17,18)/t8-,9+/m1/s1. The van der Waals surface area contributed by atoms with Gasteiger partial charge in [-0.05, 0) is 6.42 Å². The predicted octanol–water partition coefficient (Wildman–Crippen LogP) is -0.976. The second-order valence-corrected chi connectivity index (χ2v) is 4.93. The first-order valence-electron chi connectivity index (χ1n) is 6.33. The van der Waals surface area contributed by atoms with Crippen LogP contribution in [0.1, 0.15) is 6.42 Å². The molecule has 0 bridgehead atoms. The lowest BCUT2D eigenvalue weighted by molar-refractivity contribution is -0.144. The quantitative estimate of drug-likeness (QED) is 0.710. The molecule has 1 aliphatic carbocycles. The number of carboxylic acids is 1. The first kappa shape index (κ1) is 13.8. The zero-order valence-electron chi connectivity index (χ0n) is 10.9. The topological polar surface area (TPSA) is 87.2 Å². The molecule has 0 radical (unpaired) electrons. The summed E-state index contributed by atoms with van der Waals surface area (Å²) in [5.74, 6) is -1.94. The van der Waals surface area contributed by atoms with E-state index in [0.29, 0.717) is 32.6 Å². The average molecular weight is 270 g/mol. The van der Waals surface area contributed by atoms with Crippen LogP contribution in [0.25, 0.3) is 0 Å². The minimum Gasteiger partial charge on any atom is -0.481 e. The summed E-state index contributed by atoms with van der Waals surface area (Å²) in [6, 6.07) is 0. The van der Waals surface area contributed by atoms with Gasteiger partial charge < -0.3 is 19.6 Å². The highest BCUT2D eigenvalue weighted by molar-refractivity contribution is 5.89. The Bertz CT molecular complexity index is 390. The summed E-state index contributed by atoms with van der Waals surface area (Å²) in [4.78, 5) is 37.6. The first-order valence-corrected chi connectivity index (χ1v) is 6.33. The fourth-order valence-corrected chi connectivity index (χ4v) is 2.37. The number of carbonyl (C=O) groups is 3. The van der Waals surface area contributed by atoms with Crippen LogP contribution in [-0.2, 0) is 19.1 Å². The number of hydrogen-bond acceptors (Lipinski definition) is 4. The zero-order valence-corrected chi connectivity index (χ0v) is 10.9. The van der Waals surface area contributed by atoms with E-state index in [1.807, 2.05) is 0 Å². The molecule has 0 aromatic rings. The van der Waals surface area contributed by atoms with Gasteiger partial charge in [-0.1, -0.05) is 0 Å². The van der Waals surface area contributed by atoms with E-state index in [1.165, 1.54) is 7.11 Å². The van der Waals surface area contributed by atoms with Crippen LogP contribution in [0, 0.1) is 11.8 Å². The Hall–Kier alpha value is -1.63. The maximum Gasteiger partial charge on any atom is 0.307 e. The molecule has 2 amide bonds. The second kappa shape index (κ2) is 5.56. The third-order valence-corrected chi connectivity index (χ3v) is 3.64. The molecular formula is C12H18N2O5. The molecule has 106 valence electrons. The maximum atomic E-state index is 12.0. The number of carbonyl (C=O) groups excluding carboxylic acids is 2. The van der Waals surface area contributed by atoms with Crippen molar-refractivity contribution in [2.24, 2.45) is 11.8 Å². The maximum absolute atomic E-state index is 12.0. The average Bonchev–Trinajstić information content (AvgIpc) is 3.19. The normalized spacial score (nSPS) is 26.2. The summed E-state index contributed by atoms with van der Waals surface area (Å²) >= 11 is 0. The van der Waals surface area contributed by atoms with Crippen molar-refractivity contribution in [3.8, 4) is 0 Å². The summed E-state index contributed by atoms with van der Waals surface area (Å²) in [6.45, 7) is 1.96. The van der Waals surface area contributed by atoms with Gasteiger partial charge in [0.15, 0.2) is 0 Å². The van der Waals surface area contributed by atoms with Gasteiger partial charge in [0.2, 0.25) is 11.8 Å². The molecule has 7 nitrogen and oxygen atoms in total. The van der Waals surface area contributed by atoms with Crippen LogP contribution < -0.4 is 0 Å². The number of carboxylic acid groups (broad SMARTS) is 1. The van der Waals surface area contributed by atoms with Crippen molar-refractivity contribution in [3.05, 3.63) is 0 Å². The molecule has 0 aromatic heterocycles. The Balaban J connectivity index is 1.79. The number of nitrogens with zero attached hydrogens (tertiary/aromatic N) is 2. The van der Waals surface area contributed by atoms with E-state index in [-0.39, 0.29) is 24.3 Å². The van der Waals surface area contributed by atoms with E-state index in [4.69, 9.17) is 9.84 Å². The molecule has 0 unspecified atom stereocenters. The summed E-state index contributed by atoms with van der Waals surface area (Å²) in [6.07, 6.45) is 0.441. The van der Waals surface area contributed by atoms with Crippen molar-refractivity contribution in [3.63, 3.8) is 0 Å². The molecule has 1 aliphatic heterocycles. The third-order valence-electron chi connectivity index (χ3n) is 3.64. The van der Waals surface area contributed by atoms with E-state index in [9.17, 15) is 14.4 Å². The molecule has 0 spiro atoms. The minimum absolute atomic E-state index is 0.0532. The molecule has 0 aromatic carbocycles. The molecule has 2 fully saturated rings. The van der Waals surface area contributed by atoms with Crippen LogP contribution in [0.2, 0.25) is 0 Å². The Morgan fingerprint density at radius 3 is 2.16 bits per heavy atom. The smallest absolute Gasteiger partial charge is 0.307 e. The summed E-state index contributed by atoms with van der Waals surface area (Å²) in [7, 11) is 1.47. The van der Waals surface area contributed by atoms with E-state index in [2.05, 4.69) is 0 Å². The highest BCUT2D eigenvalue weighted by Crippen LogP contribution is 2.40. The Morgan fingerprint density at radius 1 is 1.11 bits per heavy atom. The van der Waals surface area contributed by atoms with Crippen LogP contribution in [0.5, 0.6) is 0 Å². The fourth-order valence-electron chi connectivity index (χ4n) is 2.37. The highest BCUT2D eigenvalue weighted by atomic mass is 16.5. The molecule has 2 rings (SSSR count). The van der Waals surface area contributed by atoms with Crippen LogP contribution >= 0.6 is 0 Å². The molecule has 1 N–H and O–H groups in total. The molecule has 1 heterocycles. The van der Waals surface area contributed by atoms with Gasteiger partial charge in [0, 0.05) is 33.3 Å². The van der Waals surface area contributed by atoms with Gasteiger partial charge >= 0.3 is 5.97 Å². The molecular weight excluding hydrogens is 252 g/mol. The number of piperazine rings is 1. The van der Waals surface area contributed by atoms with Gasteiger partial charge in [-0.15, -0.1) is 0 Å². The van der Waals surface area contributed by atoms with Crippen molar-refractivity contribution in [1.29, 1.82) is 0 Å². The van der Waals surface area contributed by atoms with Crippen LogP contribution in [0.4, 0.5) is 0 Å². The van der Waals surface area contributed by atoms with E-state index >= 15 is 0 Å². The number of amides is 2. The number of hydrogen-bond donors (Lipinski definition) is 1. The predicted molar refractivity (Wildman–Crippen MR) is 64.3 cm³/mol. The first-order chi connectivity index (χ1) is 9.04.